The standard InChI is InChI=1S/C15H19FN4/c1-4-5-13-19-14(17-3)9-15(20-13)18-12-8-10(2)6-7-11(12)16/h6-9H,4-5H2,1-3H3,(H2,17,18,19,20). The molecule has 2 rings (SSSR count). The number of benzene rings is 1. The SMILES string of the molecule is CCCc1nc(NC)cc(Nc2cc(C)ccc2F)n1. The second-order valence-electron chi connectivity index (χ2n) is 4.66. The van der Waals surface area contributed by atoms with E-state index in [0.29, 0.717) is 11.5 Å². The predicted molar refractivity (Wildman–Crippen MR) is 80.0 cm³/mol. The maximum Gasteiger partial charge on any atom is 0.146 e. The van der Waals surface area contributed by atoms with E-state index in [1.54, 1.807) is 25.2 Å². The fourth-order valence-corrected chi connectivity index (χ4v) is 1.90. The van der Waals surface area contributed by atoms with Crippen LogP contribution in [0, 0.1) is 12.7 Å². The van der Waals surface area contributed by atoms with Crippen LogP contribution < -0.4 is 10.6 Å². The molecule has 0 aliphatic heterocycles. The summed E-state index contributed by atoms with van der Waals surface area (Å²) in [5.41, 5.74) is 1.42. The van der Waals surface area contributed by atoms with Gasteiger partial charge in [-0.3, -0.25) is 0 Å². The Morgan fingerprint density at radius 1 is 1.15 bits per heavy atom. The van der Waals surface area contributed by atoms with Gasteiger partial charge >= 0.3 is 0 Å². The van der Waals surface area contributed by atoms with E-state index in [1.165, 1.54) is 6.07 Å². The Hall–Kier alpha value is -2.17. The van der Waals surface area contributed by atoms with Crippen LogP contribution in [-0.2, 0) is 6.42 Å². The average Bonchev–Trinajstić information content (AvgIpc) is 2.43. The Bertz CT molecular complexity index is 598. The number of halogens is 1. The highest BCUT2D eigenvalue weighted by Crippen LogP contribution is 2.21. The lowest BCUT2D eigenvalue weighted by Crippen LogP contribution is -2.04. The van der Waals surface area contributed by atoms with Crippen molar-refractivity contribution in [2.45, 2.75) is 26.7 Å². The van der Waals surface area contributed by atoms with E-state index in [1.807, 2.05) is 6.92 Å². The fraction of sp³-hybridized carbons (Fsp3) is 0.333. The minimum absolute atomic E-state index is 0.294. The van der Waals surface area contributed by atoms with Crippen LogP contribution in [0.15, 0.2) is 24.3 Å². The summed E-state index contributed by atoms with van der Waals surface area (Å²) in [6.07, 6.45) is 1.76. The van der Waals surface area contributed by atoms with Crippen molar-refractivity contribution in [2.75, 3.05) is 17.7 Å². The molecule has 20 heavy (non-hydrogen) atoms. The van der Waals surface area contributed by atoms with Gasteiger partial charge in [-0.1, -0.05) is 13.0 Å². The number of anilines is 3. The molecule has 0 amide bonds. The lowest BCUT2D eigenvalue weighted by Gasteiger charge is -2.10. The molecule has 1 aromatic heterocycles. The van der Waals surface area contributed by atoms with E-state index in [2.05, 4.69) is 27.5 Å². The van der Waals surface area contributed by atoms with Crippen LogP contribution >= 0.6 is 0 Å². The van der Waals surface area contributed by atoms with E-state index in [0.717, 1.165) is 30.0 Å². The van der Waals surface area contributed by atoms with Crippen molar-refractivity contribution in [1.82, 2.24) is 9.97 Å². The van der Waals surface area contributed by atoms with Gasteiger partial charge in [-0.2, -0.15) is 0 Å². The highest BCUT2D eigenvalue weighted by molar-refractivity contribution is 5.60. The third-order valence-electron chi connectivity index (χ3n) is 2.89. The highest BCUT2D eigenvalue weighted by atomic mass is 19.1. The van der Waals surface area contributed by atoms with Crippen LogP contribution in [0.4, 0.5) is 21.7 Å². The van der Waals surface area contributed by atoms with Gasteiger partial charge in [0.25, 0.3) is 0 Å². The third kappa shape index (κ3) is 3.44. The summed E-state index contributed by atoms with van der Waals surface area (Å²) < 4.78 is 13.8. The first kappa shape index (κ1) is 14.2. The molecule has 0 bridgehead atoms. The molecule has 5 heteroatoms. The molecule has 4 nitrogen and oxygen atoms in total. The molecule has 106 valence electrons. The van der Waals surface area contributed by atoms with E-state index < -0.39 is 0 Å². The maximum absolute atomic E-state index is 13.8. The van der Waals surface area contributed by atoms with Gasteiger partial charge < -0.3 is 10.6 Å². The number of rotatable bonds is 5. The summed E-state index contributed by atoms with van der Waals surface area (Å²) in [7, 11) is 1.80. The van der Waals surface area contributed by atoms with Crippen LogP contribution in [0.1, 0.15) is 24.7 Å². The lowest BCUT2D eigenvalue weighted by atomic mass is 10.2. The molecule has 0 atom stereocenters. The fourth-order valence-electron chi connectivity index (χ4n) is 1.90. The second kappa shape index (κ2) is 6.32. The molecule has 1 aromatic carbocycles. The summed E-state index contributed by atoms with van der Waals surface area (Å²) in [4.78, 5) is 8.78. The van der Waals surface area contributed by atoms with Gasteiger partial charge in [-0.05, 0) is 31.0 Å². The third-order valence-corrected chi connectivity index (χ3v) is 2.89. The molecule has 0 radical (unpaired) electrons. The molecule has 0 fully saturated rings. The molecule has 0 unspecified atom stereocenters. The van der Waals surface area contributed by atoms with Gasteiger partial charge in [0.1, 0.15) is 23.3 Å². The van der Waals surface area contributed by atoms with Crippen molar-refractivity contribution in [3.8, 4) is 0 Å². The van der Waals surface area contributed by atoms with Gasteiger partial charge in [-0.25, -0.2) is 14.4 Å². The number of aromatic nitrogens is 2. The second-order valence-corrected chi connectivity index (χ2v) is 4.66. The van der Waals surface area contributed by atoms with E-state index >= 15 is 0 Å². The van der Waals surface area contributed by atoms with Crippen LogP contribution in [0.2, 0.25) is 0 Å². The van der Waals surface area contributed by atoms with Crippen LogP contribution in [0.3, 0.4) is 0 Å². The molecule has 0 aliphatic carbocycles. The van der Waals surface area contributed by atoms with Crippen LogP contribution in [0.5, 0.6) is 0 Å². The van der Waals surface area contributed by atoms with Gasteiger partial charge in [-0.15, -0.1) is 0 Å². The zero-order valence-electron chi connectivity index (χ0n) is 12.0. The first-order chi connectivity index (χ1) is 9.62. The topological polar surface area (TPSA) is 49.8 Å². The Morgan fingerprint density at radius 2 is 1.90 bits per heavy atom. The molecule has 0 saturated heterocycles. The Kier molecular flexibility index (Phi) is 4.50. The smallest absolute Gasteiger partial charge is 0.146 e. The van der Waals surface area contributed by atoms with Gasteiger partial charge in [0, 0.05) is 19.5 Å². The van der Waals surface area contributed by atoms with Crippen molar-refractivity contribution in [3.05, 3.63) is 41.5 Å². The zero-order valence-corrected chi connectivity index (χ0v) is 12.0. The van der Waals surface area contributed by atoms with Gasteiger partial charge in [0.15, 0.2) is 0 Å². The summed E-state index contributed by atoms with van der Waals surface area (Å²) in [6, 6.07) is 6.71. The number of hydrogen-bond donors (Lipinski definition) is 2. The normalized spacial score (nSPS) is 10.4. The largest absolute Gasteiger partial charge is 0.373 e. The Balaban J connectivity index is 2.32. The maximum atomic E-state index is 13.8. The first-order valence-corrected chi connectivity index (χ1v) is 6.71. The molecular formula is C15H19FN4. The van der Waals surface area contributed by atoms with Crippen molar-refractivity contribution in [3.63, 3.8) is 0 Å². The van der Waals surface area contributed by atoms with Crippen molar-refractivity contribution in [2.24, 2.45) is 0 Å². The van der Waals surface area contributed by atoms with Crippen molar-refractivity contribution < 1.29 is 4.39 Å². The number of nitrogens with zero attached hydrogens (tertiary/aromatic N) is 2. The molecule has 0 saturated carbocycles. The molecule has 2 aromatic rings. The minimum atomic E-state index is -0.294. The minimum Gasteiger partial charge on any atom is -0.373 e. The number of hydrogen-bond acceptors (Lipinski definition) is 4. The van der Waals surface area contributed by atoms with Crippen LogP contribution in [-0.4, -0.2) is 17.0 Å². The monoisotopic (exact) mass is 274 g/mol. The predicted octanol–water partition coefficient (Wildman–Crippen LogP) is 3.66. The molecule has 2 N–H and O–H groups in total. The summed E-state index contributed by atoms with van der Waals surface area (Å²) in [6.45, 7) is 3.99. The summed E-state index contributed by atoms with van der Waals surface area (Å²) in [5.74, 6) is 1.77. The Labute approximate surface area is 118 Å². The quantitative estimate of drug-likeness (QED) is 0.873. The van der Waals surface area contributed by atoms with E-state index in [4.69, 9.17) is 0 Å². The zero-order chi connectivity index (χ0) is 14.5. The summed E-state index contributed by atoms with van der Waals surface area (Å²) in [5, 5.41) is 6.01. The lowest BCUT2D eigenvalue weighted by molar-refractivity contribution is 0.631. The first-order valence-electron chi connectivity index (χ1n) is 6.71. The van der Waals surface area contributed by atoms with E-state index in [9.17, 15) is 4.39 Å². The van der Waals surface area contributed by atoms with Crippen molar-refractivity contribution in [1.29, 1.82) is 0 Å². The van der Waals surface area contributed by atoms with Crippen LogP contribution in [0.25, 0.3) is 0 Å². The van der Waals surface area contributed by atoms with Gasteiger partial charge in [0.05, 0.1) is 5.69 Å². The number of nitrogens with one attached hydrogen (secondary N) is 2. The average molecular weight is 274 g/mol. The molecule has 1 heterocycles. The van der Waals surface area contributed by atoms with Gasteiger partial charge in [0.2, 0.25) is 0 Å². The molecular weight excluding hydrogens is 255 g/mol. The highest BCUT2D eigenvalue weighted by Gasteiger charge is 2.07. The molecule has 0 spiro atoms. The van der Waals surface area contributed by atoms with Crippen molar-refractivity contribution >= 4 is 17.3 Å². The van der Waals surface area contributed by atoms with E-state index in [-0.39, 0.29) is 5.82 Å². The Morgan fingerprint density at radius 3 is 2.60 bits per heavy atom. The molecule has 0 aliphatic rings. The number of aryl methyl sites for hydroxylation is 2. The summed E-state index contributed by atoms with van der Waals surface area (Å²) >= 11 is 0.